The number of benzene rings is 1. The molecule has 7 amide bonds. The van der Waals surface area contributed by atoms with E-state index in [2.05, 4.69) is 73.9 Å². The first-order valence-electron chi connectivity index (χ1n) is 20.9. The number of carbonyl (C=O) groups is 7. The van der Waals surface area contributed by atoms with Gasteiger partial charge in [-0.2, -0.15) is 0 Å². The number of nitrogens with zero attached hydrogens (tertiary/aromatic N) is 2. The van der Waals surface area contributed by atoms with Crippen LogP contribution in [0.4, 0.5) is 0 Å². The molecule has 64 heavy (non-hydrogen) atoms. The van der Waals surface area contributed by atoms with Gasteiger partial charge in [-0.25, -0.2) is 4.98 Å². The number of fused-ring (bicyclic) bond motifs is 3. The minimum atomic E-state index is -1.30. The number of hydrogen-bond acceptors (Lipinski definition) is 10. The highest BCUT2D eigenvalue weighted by molar-refractivity contribution is 7.09. The van der Waals surface area contributed by atoms with Crippen molar-refractivity contribution in [2.45, 2.75) is 84.5 Å². The van der Waals surface area contributed by atoms with Crippen LogP contribution in [-0.2, 0) is 41.6 Å². The molecule has 0 saturated heterocycles. The summed E-state index contributed by atoms with van der Waals surface area (Å²) in [6.07, 6.45) is 9.95. The third-order valence-corrected chi connectivity index (χ3v) is 10.9. The van der Waals surface area contributed by atoms with Gasteiger partial charge in [0.15, 0.2) is 0 Å². The van der Waals surface area contributed by atoms with Crippen molar-refractivity contribution in [1.29, 1.82) is 0 Å². The Balaban J connectivity index is 0.00000291. The Hall–Kier alpha value is -7.02. The van der Waals surface area contributed by atoms with Crippen molar-refractivity contribution < 1.29 is 38.3 Å². The first-order chi connectivity index (χ1) is 30.6. The van der Waals surface area contributed by atoms with Gasteiger partial charge in [0.2, 0.25) is 29.5 Å². The molecule has 342 valence electrons. The Morgan fingerprint density at radius 2 is 1.58 bits per heavy atom. The van der Waals surface area contributed by atoms with Gasteiger partial charge in [-0.05, 0) is 49.6 Å². The highest BCUT2D eigenvalue weighted by atomic mass is 32.1. The molecule has 4 aromatic rings. The van der Waals surface area contributed by atoms with Crippen LogP contribution >= 0.6 is 11.3 Å². The molecule has 0 aliphatic carbocycles. The fourth-order valence-corrected chi connectivity index (χ4v) is 7.55. The van der Waals surface area contributed by atoms with Crippen molar-refractivity contribution in [2.75, 3.05) is 27.2 Å². The highest BCUT2D eigenvalue weighted by Crippen LogP contribution is 2.29. The third-order valence-electron chi connectivity index (χ3n) is 9.89. The lowest BCUT2D eigenvalue weighted by molar-refractivity contribution is -0.134. The Labute approximate surface area is 376 Å². The molecule has 0 spiro atoms. The van der Waals surface area contributed by atoms with E-state index in [1.165, 1.54) is 26.0 Å². The number of carbonyl (C=O) groups excluding carboxylic acids is 7. The average molecular weight is 899 g/mol. The summed E-state index contributed by atoms with van der Waals surface area (Å²) in [4.78, 5) is 107. The van der Waals surface area contributed by atoms with E-state index < -0.39 is 78.6 Å². The van der Waals surface area contributed by atoms with Crippen LogP contribution in [-0.4, -0.2) is 107 Å². The molecule has 0 fully saturated rings. The molecule has 1 aromatic carbocycles. The van der Waals surface area contributed by atoms with E-state index in [9.17, 15) is 33.6 Å². The molecular formula is C45H58N10O8S. The Bertz CT molecular complexity index is 2400. The number of rotatable bonds is 8. The van der Waals surface area contributed by atoms with Gasteiger partial charge in [0, 0.05) is 59.8 Å². The zero-order valence-electron chi connectivity index (χ0n) is 37.2. The maximum absolute atomic E-state index is 14.5. The summed E-state index contributed by atoms with van der Waals surface area (Å²) in [6, 6.07) is 1.01. The number of thiazole rings is 1. The first-order valence-corrected chi connectivity index (χ1v) is 21.7. The maximum Gasteiger partial charge on any atom is 0.271 e. The minimum Gasteiger partial charge on any atom is -0.496 e. The Kier molecular flexibility index (Phi) is 18.2. The van der Waals surface area contributed by atoms with E-state index in [1.807, 2.05) is 25.1 Å². The second kappa shape index (κ2) is 23.4. The maximum atomic E-state index is 14.5. The number of ether oxygens (including phenoxy) is 1. The second-order valence-corrected chi connectivity index (χ2v) is 15.9. The largest absolute Gasteiger partial charge is 0.496 e. The fraction of sp³-hybridized carbons (Fsp3) is 0.378. The Morgan fingerprint density at radius 3 is 2.25 bits per heavy atom. The average Bonchev–Trinajstić information content (AvgIpc) is 4.03. The molecule has 1 aliphatic heterocycles. The number of hydrogen-bond donors (Lipinski definition) is 8. The van der Waals surface area contributed by atoms with Crippen LogP contribution in [0.2, 0.25) is 0 Å². The molecule has 1 aliphatic rings. The lowest BCUT2D eigenvalue weighted by atomic mass is 10.00. The zero-order valence-corrected chi connectivity index (χ0v) is 38.0. The molecule has 4 atom stereocenters. The van der Waals surface area contributed by atoms with Crippen molar-refractivity contribution in [3.63, 3.8) is 0 Å². The van der Waals surface area contributed by atoms with Gasteiger partial charge in [-0.3, -0.25) is 33.6 Å². The monoisotopic (exact) mass is 898 g/mol. The number of aromatic amines is 2. The molecule has 0 radical (unpaired) electrons. The van der Waals surface area contributed by atoms with Crippen LogP contribution in [0.5, 0.6) is 5.75 Å². The van der Waals surface area contributed by atoms with Gasteiger partial charge in [-0.1, -0.05) is 58.6 Å². The van der Waals surface area contributed by atoms with Gasteiger partial charge in [0.25, 0.3) is 11.8 Å². The van der Waals surface area contributed by atoms with Crippen LogP contribution in [0.25, 0.3) is 23.1 Å². The topological polar surface area (TPSA) is 249 Å². The predicted molar refractivity (Wildman–Crippen MR) is 246 cm³/mol. The van der Waals surface area contributed by atoms with Crippen LogP contribution in [0.15, 0.2) is 60.9 Å². The van der Waals surface area contributed by atoms with Gasteiger partial charge < -0.3 is 51.5 Å². The molecule has 4 heterocycles. The van der Waals surface area contributed by atoms with Gasteiger partial charge in [-0.15, -0.1) is 11.3 Å². The molecule has 8 N–H and O–H groups in total. The summed E-state index contributed by atoms with van der Waals surface area (Å²) in [6.45, 7) is 15.9. The summed E-state index contributed by atoms with van der Waals surface area (Å²) in [5, 5.41) is 18.4. The van der Waals surface area contributed by atoms with Crippen molar-refractivity contribution in [3.8, 4) is 5.75 Å². The van der Waals surface area contributed by atoms with Crippen molar-refractivity contribution in [2.24, 2.45) is 0 Å². The number of amides is 7. The third kappa shape index (κ3) is 12.8. The molecule has 3 aromatic heterocycles. The standard InChI is InChI=1S/C42H50N10O8S.C3H8/c1-8-12-26-24(17-43-27(26)9-2)15-31-39(57)49-30(16-25-18-44-29-13-11-14-33(60-7)36(25)29)37(55)45-19-34(53)48-28(10-3)38(56)47-23(5)42(59)52(6)20-35(54)46-22(4)41-51-32(21-61-41)40(58)50-31;1-3-2/h8-9,11-14,17-18,21-22,28,30-31,43-44H,2,5,10,15-16,19-20H2,1,3-4,6-7H3,(H,45,55)(H,46,54)(H,47,56)(H,48,53)(H,49,57)(H,50,58);3H2,1-2H3/b12-8-;/t22?,28-,30+,31+;/m1./s1. The lowest BCUT2D eigenvalue weighted by Gasteiger charge is -2.24. The molecule has 18 nitrogen and oxygen atoms in total. The number of allylic oxidation sites excluding steroid dienone is 1. The summed E-state index contributed by atoms with van der Waals surface area (Å²) in [5.74, 6) is -4.42. The van der Waals surface area contributed by atoms with E-state index in [0.29, 0.717) is 38.5 Å². The minimum absolute atomic E-state index is 0.0260. The van der Waals surface area contributed by atoms with Gasteiger partial charge in [0.05, 0.1) is 31.9 Å². The van der Waals surface area contributed by atoms with Crippen molar-refractivity contribution in [3.05, 3.63) is 94.0 Å². The van der Waals surface area contributed by atoms with Crippen molar-refractivity contribution >= 4 is 75.7 Å². The SMILES string of the molecule is C=Cc1[nH]cc(C[C@@H]2NC(=O)c3csc(n3)C(C)NC(=O)CN(C)C(=O)C(=C)NC(=O)[C@@H](CC)NC(=O)CNC(=O)[C@H](Cc3c[nH]c4cccc(OC)c34)NC2=O)c1/C=C\C.CCC. The second-order valence-electron chi connectivity index (χ2n) is 15.0. The summed E-state index contributed by atoms with van der Waals surface area (Å²) < 4.78 is 5.60. The lowest BCUT2D eigenvalue weighted by Crippen LogP contribution is -2.56. The molecular weight excluding hydrogens is 841 g/mol. The van der Waals surface area contributed by atoms with Crippen LogP contribution in [0.1, 0.15) is 91.4 Å². The molecule has 0 saturated carbocycles. The number of methoxy groups -OCH3 is 1. The van der Waals surface area contributed by atoms with Gasteiger partial charge >= 0.3 is 0 Å². The summed E-state index contributed by atoms with van der Waals surface area (Å²) >= 11 is 1.10. The smallest absolute Gasteiger partial charge is 0.271 e. The quantitative estimate of drug-likeness (QED) is 0.121. The number of nitrogens with one attached hydrogen (secondary N) is 8. The zero-order chi connectivity index (χ0) is 47.1. The van der Waals surface area contributed by atoms with E-state index in [4.69, 9.17) is 4.74 Å². The van der Waals surface area contributed by atoms with Gasteiger partial charge in [0.1, 0.15) is 34.6 Å². The summed E-state index contributed by atoms with van der Waals surface area (Å²) in [5.41, 5.74) is 3.07. The predicted octanol–water partition coefficient (Wildman–Crippen LogP) is 3.41. The van der Waals surface area contributed by atoms with Crippen LogP contribution < -0.4 is 36.6 Å². The fourth-order valence-electron chi connectivity index (χ4n) is 6.74. The first kappa shape index (κ1) is 49.6. The normalized spacial score (nSPS) is 20.0. The highest BCUT2D eigenvalue weighted by Gasteiger charge is 2.31. The number of H-pyrrole nitrogens is 2. The van der Waals surface area contributed by atoms with Crippen LogP contribution in [0.3, 0.4) is 0 Å². The number of aromatic nitrogens is 3. The van der Waals surface area contributed by atoms with E-state index in [1.54, 1.807) is 44.4 Å². The summed E-state index contributed by atoms with van der Waals surface area (Å²) in [7, 11) is 2.86. The van der Waals surface area contributed by atoms with Crippen LogP contribution in [0, 0.1) is 0 Å². The Morgan fingerprint density at radius 1 is 0.891 bits per heavy atom. The van der Waals surface area contributed by atoms with E-state index in [-0.39, 0.29) is 30.7 Å². The number of likely N-dealkylation sites (N-methyl/N-ethyl adjacent to an activating group) is 1. The molecule has 19 heteroatoms. The molecule has 2 bridgehead atoms. The molecule has 1 unspecified atom stereocenters. The van der Waals surface area contributed by atoms with Crippen molar-refractivity contribution in [1.82, 2.24) is 51.8 Å². The van der Waals surface area contributed by atoms with E-state index >= 15 is 0 Å². The van der Waals surface area contributed by atoms with E-state index in [0.717, 1.165) is 21.8 Å². The molecule has 5 rings (SSSR count).